The molecule has 0 unspecified atom stereocenters. The standard InChI is InChI=1S/C12H14BrNO/c1-8-4-3-5-10(11(8)13)12(15)14(2)9-6-7-9/h3-5,9H,6-7H2,1-2H3. The van der Waals surface area contributed by atoms with Crippen molar-refractivity contribution in [3.8, 4) is 0 Å². The molecular weight excluding hydrogens is 254 g/mol. The molecule has 1 aromatic rings. The van der Waals surface area contributed by atoms with E-state index in [4.69, 9.17) is 0 Å². The molecule has 0 aliphatic heterocycles. The number of benzene rings is 1. The number of amides is 1. The van der Waals surface area contributed by atoms with E-state index in [1.54, 1.807) is 0 Å². The third-order valence-electron chi connectivity index (χ3n) is 2.84. The van der Waals surface area contributed by atoms with E-state index in [0.717, 1.165) is 28.4 Å². The van der Waals surface area contributed by atoms with Gasteiger partial charge in [0.05, 0.1) is 5.56 Å². The van der Waals surface area contributed by atoms with Gasteiger partial charge in [0.2, 0.25) is 0 Å². The van der Waals surface area contributed by atoms with E-state index in [0.29, 0.717) is 6.04 Å². The normalized spacial score (nSPS) is 15.1. The molecule has 0 heterocycles. The molecule has 1 amide bonds. The minimum atomic E-state index is 0.119. The maximum Gasteiger partial charge on any atom is 0.254 e. The van der Waals surface area contributed by atoms with Gasteiger partial charge in [0.25, 0.3) is 5.91 Å². The lowest BCUT2D eigenvalue weighted by atomic mass is 10.1. The molecule has 1 aliphatic carbocycles. The number of hydrogen-bond donors (Lipinski definition) is 0. The SMILES string of the molecule is Cc1cccc(C(=O)N(C)C2CC2)c1Br. The van der Waals surface area contributed by atoms with Crippen LogP contribution in [0.15, 0.2) is 22.7 Å². The summed E-state index contributed by atoms with van der Waals surface area (Å²) in [4.78, 5) is 13.9. The van der Waals surface area contributed by atoms with Crippen LogP contribution in [-0.2, 0) is 0 Å². The molecule has 1 aromatic carbocycles. The van der Waals surface area contributed by atoms with E-state index in [9.17, 15) is 4.79 Å². The van der Waals surface area contributed by atoms with E-state index in [1.807, 2.05) is 37.1 Å². The number of nitrogens with zero attached hydrogens (tertiary/aromatic N) is 1. The van der Waals surface area contributed by atoms with Crippen LogP contribution in [0.3, 0.4) is 0 Å². The molecule has 80 valence electrons. The van der Waals surface area contributed by atoms with Gasteiger partial charge in [-0.1, -0.05) is 12.1 Å². The van der Waals surface area contributed by atoms with Crippen molar-refractivity contribution in [2.24, 2.45) is 0 Å². The minimum Gasteiger partial charge on any atom is -0.339 e. The van der Waals surface area contributed by atoms with Crippen LogP contribution in [0, 0.1) is 6.92 Å². The van der Waals surface area contributed by atoms with Crippen LogP contribution < -0.4 is 0 Å². The Morgan fingerprint density at radius 2 is 2.13 bits per heavy atom. The fraction of sp³-hybridized carbons (Fsp3) is 0.417. The zero-order valence-corrected chi connectivity index (χ0v) is 10.5. The van der Waals surface area contributed by atoms with Gasteiger partial charge in [0.1, 0.15) is 0 Å². The average Bonchev–Trinajstić information content (AvgIpc) is 3.03. The van der Waals surface area contributed by atoms with Crippen molar-refractivity contribution in [2.45, 2.75) is 25.8 Å². The quantitative estimate of drug-likeness (QED) is 0.807. The molecule has 0 radical (unpaired) electrons. The van der Waals surface area contributed by atoms with Crippen molar-refractivity contribution in [2.75, 3.05) is 7.05 Å². The second kappa shape index (κ2) is 3.97. The summed E-state index contributed by atoms with van der Waals surface area (Å²) in [5.74, 6) is 0.119. The third-order valence-corrected chi connectivity index (χ3v) is 3.89. The van der Waals surface area contributed by atoms with Gasteiger partial charge in [-0.25, -0.2) is 0 Å². The van der Waals surface area contributed by atoms with Crippen LogP contribution in [0.25, 0.3) is 0 Å². The summed E-state index contributed by atoms with van der Waals surface area (Å²) in [6, 6.07) is 6.26. The van der Waals surface area contributed by atoms with Crippen LogP contribution in [0.1, 0.15) is 28.8 Å². The first-order valence-corrected chi connectivity index (χ1v) is 5.93. The minimum absolute atomic E-state index is 0.119. The second-order valence-corrected chi connectivity index (χ2v) is 4.88. The lowest BCUT2D eigenvalue weighted by molar-refractivity contribution is 0.0784. The molecule has 15 heavy (non-hydrogen) atoms. The molecule has 0 saturated heterocycles. The summed E-state index contributed by atoms with van der Waals surface area (Å²) in [6.45, 7) is 2.00. The monoisotopic (exact) mass is 267 g/mol. The molecule has 1 fully saturated rings. The molecule has 2 nitrogen and oxygen atoms in total. The summed E-state index contributed by atoms with van der Waals surface area (Å²) in [7, 11) is 1.88. The van der Waals surface area contributed by atoms with Crippen LogP contribution in [0.2, 0.25) is 0 Å². The van der Waals surface area contributed by atoms with Gasteiger partial charge in [-0.15, -0.1) is 0 Å². The highest BCUT2D eigenvalue weighted by Crippen LogP contribution is 2.29. The Morgan fingerprint density at radius 3 is 2.73 bits per heavy atom. The van der Waals surface area contributed by atoms with Crippen molar-refractivity contribution in [3.05, 3.63) is 33.8 Å². The molecule has 0 atom stereocenters. The maximum absolute atomic E-state index is 12.1. The smallest absolute Gasteiger partial charge is 0.254 e. The van der Waals surface area contributed by atoms with Crippen molar-refractivity contribution < 1.29 is 4.79 Å². The highest BCUT2D eigenvalue weighted by Gasteiger charge is 2.30. The first kappa shape index (κ1) is 10.7. The van der Waals surface area contributed by atoms with Gasteiger partial charge in [-0.3, -0.25) is 4.79 Å². The van der Waals surface area contributed by atoms with Gasteiger partial charge in [-0.05, 0) is 47.3 Å². The van der Waals surface area contributed by atoms with Crippen molar-refractivity contribution in [1.82, 2.24) is 4.90 Å². The maximum atomic E-state index is 12.1. The van der Waals surface area contributed by atoms with E-state index in [2.05, 4.69) is 15.9 Å². The summed E-state index contributed by atoms with van der Waals surface area (Å²) >= 11 is 3.47. The Hall–Kier alpha value is -0.830. The first-order valence-electron chi connectivity index (χ1n) is 5.13. The Kier molecular flexibility index (Phi) is 2.83. The van der Waals surface area contributed by atoms with Crippen LogP contribution in [0.4, 0.5) is 0 Å². The summed E-state index contributed by atoms with van der Waals surface area (Å²) < 4.78 is 0.919. The topological polar surface area (TPSA) is 20.3 Å². The molecule has 2 rings (SSSR count). The fourth-order valence-corrected chi connectivity index (χ4v) is 2.06. The number of aryl methyl sites for hydroxylation is 1. The average molecular weight is 268 g/mol. The Balaban J connectivity index is 2.28. The Morgan fingerprint density at radius 1 is 1.47 bits per heavy atom. The lowest BCUT2D eigenvalue weighted by Crippen LogP contribution is -2.29. The number of carbonyl (C=O) groups excluding carboxylic acids is 1. The number of hydrogen-bond acceptors (Lipinski definition) is 1. The Labute approximate surface area is 98.4 Å². The number of carbonyl (C=O) groups is 1. The van der Waals surface area contributed by atoms with Crippen molar-refractivity contribution in [3.63, 3.8) is 0 Å². The molecule has 0 bridgehead atoms. The van der Waals surface area contributed by atoms with Crippen LogP contribution in [0.5, 0.6) is 0 Å². The van der Waals surface area contributed by atoms with Gasteiger partial charge in [0, 0.05) is 17.6 Å². The molecule has 0 N–H and O–H groups in total. The summed E-state index contributed by atoms with van der Waals surface area (Å²) in [6.07, 6.45) is 2.29. The zero-order chi connectivity index (χ0) is 11.0. The lowest BCUT2D eigenvalue weighted by Gasteiger charge is -2.17. The summed E-state index contributed by atoms with van der Waals surface area (Å²) in [5.41, 5.74) is 1.87. The molecular formula is C12H14BrNO. The molecule has 3 heteroatoms. The van der Waals surface area contributed by atoms with Crippen LogP contribution >= 0.6 is 15.9 Å². The number of rotatable bonds is 2. The third kappa shape index (κ3) is 2.07. The molecule has 1 aliphatic rings. The van der Waals surface area contributed by atoms with Gasteiger partial charge in [-0.2, -0.15) is 0 Å². The zero-order valence-electron chi connectivity index (χ0n) is 8.96. The van der Waals surface area contributed by atoms with E-state index < -0.39 is 0 Å². The van der Waals surface area contributed by atoms with Gasteiger partial charge in [0.15, 0.2) is 0 Å². The first-order chi connectivity index (χ1) is 7.11. The predicted molar refractivity (Wildman–Crippen MR) is 64.0 cm³/mol. The van der Waals surface area contributed by atoms with E-state index >= 15 is 0 Å². The highest BCUT2D eigenvalue weighted by atomic mass is 79.9. The van der Waals surface area contributed by atoms with E-state index in [-0.39, 0.29) is 5.91 Å². The molecule has 1 saturated carbocycles. The molecule has 0 spiro atoms. The second-order valence-electron chi connectivity index (χ2n) is 4.08. The van der Waals surface area contributed by atoms with Crippen molar-refractivity contribution >= 4 is 21.8 Å². The Bertz CT molecular complexity index is 399. The predicted octanol–water partition coefficient (Wildman–Crippen LogP) is 2.99. The highest BCUT2D eigenvalue weighted by molar-refractivity contribution is 9.10. The number of halogens is 1. The van der Waals surface area contributed by atoms with E-state index in [1.165, 1.54) is 0 Å². The molecule has 0 aromatic heterocycles. The van der Waals surface area contributed by atoms with Crippen molar-refractivity contribution in [1.29, 1.82) is 0 Å². The van der Waals surface area contributed by atoms with Gasteiger partial charge < -0.3 is 4.90 Å². The fourth-order valence-electron chi connectivity index (χ4n) is 1.63. The largest absolute Gasteiger partial charge is 0.339 e. The summed E-state index contributed by atoms with van der Waals surface area (Å²) in [5, 5.41) is 0. The van der Waals surface area contributed by atoms with Gasteiger partial charge >= 0.3 is 0 Å². The van der Waals surface area contributed by atoms with Crippen LogP contribution in [-0.4, -0.2) is 23.9 Å².